The number of ether oxygens (including phenoxy) is 2. The van der Waals surface area contributed by atoms with Crippen molar-refractivity contribution in [2.45, 2.75) is 26.0 Å². The van der Waals surface area contributed by atoms with Gasteiger partial charge in [-0.3, -0.25) is 0 Å². The van der Waals surface area contributed by atoms with Gasteiger partial charge in [0.15, 0.2) is 5.82 Å². The van der Waals surface area contributed by atoms with Crippen molar-refractivity contribution in [1.29, 1.82) is 0 Å². The maximum atomic E-state index is 5.55. The highest BCUT2D eigenvalue weighted by atomic mass is 16.5. The maximum absolute atomic E-state index is 5.55. The molecule has 2 rings (SSSR count). The summed E-state index contributed by atoms with van der Waals surface area (Å²) in [4.78, 5) is 11.2. The third-order valence-electron chi connectivity index (χ3n) is 3.21. The molecule has 0 unspecified atom stereocenters. The largest absolute Gasteiger partial charge is 0.377 e. The maximum Gasteiger partial charge on any atom is 0.158 e. The topological polar surface area (TPSA) is 59.5 Å². The number of nitrogens with one attached hydrogen (secondary N) is 1. The third-order valence-corrected chi connectivity index (χ3v) is 3.21. The van der Waals surface area contributed by atoms with E-state index in [-0.39, 0.29) is 5.54 Å². The van der Waals surface area contributed by atoms with Crippen molar-refractivity contribution in [3.63, 3.8) is 0 Å². The van der Waals surface area contributed by atoms with E-state index in [0.717, 1.165) is 24.8 Å². The number of nitrogens with zero attached hydrogens (tertiary/aromatic N) is 3. The lowest BCUT2D eigenvalue weighted by Crippen LogP contribution is -2.53. The van der Waals surface area contributed by atoms with E-state index in [2.05, 4.69) is 34.0 Å². The van der Waals surface area contributed by atoms with Crippen molar-refractivity contribution in [1.82, 2.24) is 9.97 Å². The number of methoxy groups -OCH3 is 1. The monoisotopic (exact) mass is 266 g/mol. The average Bonchev–Trinajstić information content (AvgIpc) is 2.38. The van der Waals surface area contributed by atoms with Gasteiger partial charge < -0.3 is 19.7 Å². The first-order valence-corrected chi connectivity index (χ1v) is 6.47. The second kappa shape index (κ2) is 5.71. The number of hydrogen-bond acceptors (Lipinski definition) is 6. The number of aromatic nitrogens is 2. The zero-order valence-corrected chi connectivity index (χ0v) is 12.1. The molecular weight excluding hydrogens is 244 g/mol. The molecule has 1 aliphatic heterocycles. The van der Waals surface area contributed by atoms with Crippen molar-refractivity contribution in [3.05, 3.63) is 11.9 Å². The van der Waals surface area contributed by atoms with Crippen molar-refractivity contribution in [3.8, 4) is 0 Å². The molecule has 0 spiro atoms. The Kier molecular flexibility index (Phi) is 4.21. The summed E-state index contributed by atoms with van der Waals surface area (Å²) in [6.07, 6.45) is 0. The van der Waals surface area contributed by atoms with Crippen LogP contribution in [0.1, 0.15) is 19.7 Å². The summed E-state index contributed by atoms with van der Waals surface area (Å²) < 4.78 is 10.7. The summed E-state index contributed by atoms with van der Waals surface area (Å²) in [7, 11) is 3.50. The van der Waals surface area contributed by atoms with Crippen LogP contribution in [0.15, 0.2) is 6.07 Å². The Hall–Kier alpha value is -1.40. The van der Waals surface area contributed by atoms with Gasteiger partial charge in [0.25, 0.3) is 0 Å². The first-order chi connectivity index (χ1) is 9.06. The zero-order valence-electron chi connectivity index (χ0n) is 12.1. The van der Waals surface area contributed by atoms with Gasteiger partial charge in [0.05, 0.1) is 18.8 Å². The number of anilines is 2. The highest BCUT2D eigenvalue weighted by Crippen LogP contribution is 2.26. The quantitative estimate of drug-likeness (QED) is 0.886. The van der Waals surface area contributed by atoms with E-state index < -0.39 is 0 Å². The van der Waals surface area contributed by atoms with E-state index in [9.17, 15) is 0 Å². The van der Waals surface area contributed by atoms with Crippen LogP contribution in [0.25, 0.3) is 0 Å². The number of rotatable bonds is 4. The standard InChI is InChI=1S/C13H22N4O2/c1-13(2)9-19-6-5-17(13)12-7-10(14-3)15-11(16-12)8-18-4/h7H,5-6,8-9H2,1-4H3,(H,14,15,16). The van der Waals surface area contributed by atoms with Crippen LogP contribution < -0.4 is 10.2 Å². The van der Waals surface area contributed by atoms with Crippen LogP contribution in [0.2, 0.25) is 0 Å². The summed E-state index contributed by atoms with van der Waals surface area (Å²) in [5.74, 6) is 2.41. The molecule has 0 aliphatic carbocycles. The summed E-state index contributed by atoms with van der Waals surface area (Å²) in [6.45, 7) is 6.98. The lowest BCUT2D eigenvalue weighted by molar-refractivity contribution is 0.0638. The molecule has 19 heavy (non-hydrogen) atoms. The molecule has 0 radical (unpaired) electrons. The molecule has 6 heteroatoms. The minimum atomic E-state index is -0.0675. The summed E-state index contributed by atoms with van der Waals surface area (Å²) in [6, 6.07) is 1.96. The normalized spacial score (nSPS) is 18.4. The molecule has 0 saturated carbocycles. The van der Waals surface area contributed by atoms with Crippen molar-refractivity contribution >= 4 is 11.6 Å². The summed E-state index contributed by atoms with van der Waals surface area (Å²) in [5, 5.41) is 3.07. The van der Waals surface area contributed by atoms with Gasteiger partial charge in [0.1, 0.15) is 18.2 Å². The van der Waals surface area contributed by atoms with Crippen molar-refractivity contribution in [2.24, 2.45) is 0 Å². The Morgan fingerprint density at radius 3 is 2.89 bits per heavy atom. The first kappa shape index (κ1) is 14.0. The van der Waals surface area contributed by atoms with Gasteiger partial charge in [-0.05, 0) is 13.8 Å². The second-order valence-corrected chi connectivity index (χ2v) is 5.23. The van der Waals surface area contributed by atoms with Crippen LogP contribution in [-0.4, -0.2) is 49.4 Å². The van der Waals surface area contributed by atoms with Crippen LogP contribution in [0.5, 0.6) is 0 Å². The SMILES string of the molecule is CNc1cc(N2CCOCC2(C)C)nc(COC)n1. The molecule has 0 atom stereocenters. The molecule has 0 aromatic carbocycles. The molecule has 0 amide bonds. The fourth-order valence-corrected chi connectivity index (χ4v) is 2.23. The highest BCUT2D eigenvalue weighted by Gasteiger charge is 2.32. The van der Waals surface area contributed by atoms with Crippen LogP contribution in [0.4, 0.5) is 11.6 Å². The molecule has 1 N–H and O–H groups in total. The molecular formula is C13H22N4O2. The molecule has 2 heterocycles. The highest BCUT2D eigenvalue weighted by molar-refractivity contribution is 5.51. The number of hydrogen-bond donors (Lipinski definition) is 1. The molecule has 1 aromatic heterocycles. The Morgan fingerprint density at radius 1 is 1.47 bits per heavy atom. The van der Waals surface area contributed by atoms with Crippen LogP contribution in [0, 0.1) is 0 Å². The van der Waals surface area contributed by atoms with E-state index in [1.807, 2.05) is 13.1 Å². The van der Waals surface area contributed by atoms with Crippen molar-refractivity contribution in [2.75, 3.05) is 44.1 Å². The first-order valence-electron chi connectivity index (χ1n) is 6.47. The molecule has 1 aromatic rings. The van der Waals surface area contributed by atoms with Gasteiger partial charge in [-0.15, -0.1) is 0 Å². The molecule has 0 bridgehead atoms. The predicted molar refractivity (Wildman–Crippen MR) is 74.5 cm³/mol. The van der Waals surface area contributed by atoms with Gasteiger partial charge >= 0.3 is 0 Å². The predicted octanol–water partition coefficient (Wildman–Crippen LogP) is 1.28. The van der Waals surface area contributed by atoms with E-state index in [1.165, 1.54) is 0 Å². The van der Waals surface area contributed by atoms with Crippen molar-refractivity contribution < 1.29 is 9.47 Å². The van der Waals surface area contributed by atoms with Crippen LogP contribution >= 0.6 is 0 Å². The summed E-state index contributed by atoms with van der Waals surface area (Å²) >= 11 is 0. The van der Waals surface area contributed by atoms with E-state index in [1.54, 1.807) is 7.11 Å². The van der Waals surface area contributed by atoms with E-state index in [0.29, 0.717) is 19.0 Å². The van der Waals surface area contributed by atoms with Gasteiger partial charge in [-0.1, -0.05) is 0 Å². The Balaban J connectivity index is 2.34. The Morgan fingerprint density at radius 2 is 2.26 bits per heavy atom. The lowest BCUT2D eigenvalue weighted by Gasteiger charge is -2.43. The lowest BCUT2D eigenvalue weighted by atomic mass is 10.0. The molecule has 1 saturated heterocycles. The van der Waals surface area contributed by atoms with E-state index >= 15 is 0 Å². The van der Waals surface area contributed by atoms with Gasteiger partial charge in [0, 0.05) is 26.8 Å². The molecule has 1 fully saturated rings. The molecule has 106 valence electrons. The van der Waals surface area contributed by atoms with Gasteiger partial charge in [-0.2, -0.15) is 0 Å². The third kappa shape index (κ3) is 3.13. The fraction of sp³-hybridized carbons (Fsp3) is 0.692. The van der Waals surface area contributed by atoms with Gasteiger partial charge in [0.2, 0.25) is 0 Å². The van der Waals surface area contributed by atoms with Crippen LogP contribution in [0.3, 0.4) is 0 Å². The zero-order chi connectivity index (χ0) is 13.9. The second-order valence-electron chi connectivity index (χ2n) is 5.23. The fourth-order valence-electron chi connectivity index (χ4n) is 2.23. The van der Waals surface area contributed by atoms with Crippen LogP contribution in [-0.2, 0) is 16.1 Å². The molecule has 6 nitrogen and oxygen atoms in total. The Labute approximate surface area is 114 Å². The minimum Gasteiger partial charge on any atom is -0.377 e. The van der Waals surface area contributed by atoms with E-state index in [4.69, 9.17) is 9.47 Å². The number of morpholine rings is 1. The summed E-state index contributed by atoms with van der Waals surface area (Å²) in [5.41, 5.74) is -0.0675. The minimum absolute atomic E-state index is 0.0675. The van der Waals surface area contributed by atoms with Gasteiger partial charge in [-0.25, -0.2) is 9.97 Å². The average molecular weight is 266 g/mol. The smallest absolute Gasteiger partial charge is 0.158 e. The Bertz CT molecular complexity index is 437. The molecule has 1 aliphatic rings.